The third kappa shape index (κ3) is 7.79. The van der Waals surface area contributed by atoms with Crippen molar-refractivity contribution in [1.82, 2.24) is 19.6 Å². The quantitative estimate of drug-likeness (QED) is 0.307. The summed E-state index contributed by atoms with van der Waals surface area (Å²) in [6.45, 7) is 1.96. The van der Waals surface area contributed by atoms with Crippen molar-refractivity contribution in [2.75, 3.05) is 7.05 Å². The number of nitrogens with zero attached hydrogens (tertiary/aromatic N) is 3. The Morgan fingerprint density at radius 3 is 2.42 bits per heavy atom. The zero-order chi connectivity index (χ0) is 29.5. The van der Waals surface area contributed by atoms with Gasteiger partial charge in [-0.25, -0.2) is 17.2 Å². The maximum absolute atomic E-state index is 13.6. The standard InChI is InChI=1S/C14H13F4N3O.C12H14FNO3S/c1-19-6-11-3-13(12(15)7-21-11)22-8-9-2-10(5-20-4-9)14(16,17)18;1-9-2-5-11(8-15)14(9)18(16,17)12-6-3-10(13)4-7-12/h2-5,7,19H,6,8H2,1H3;3-4,6-9,11H,2,5H2,1H3/t;9-,11-/m.0/s1. The van der Waals surface area contributed by atoms with Gasteiger partial charge in [-0.2, -0.15) is 17.5 Å². The first-order valence-electron chi connectivity index (χ1n) is 12.0. The van der Waals surface area contributed by atoms with E-state index in [9.17, 15) is 35.2 Å². The summed E-state index contributed by atoms with van der Waals surface area (Å²) >= 11 is 0. The van der Waals surface area contributed by atoms with E-state index in [1.807, 2.05) is 0 Å². The molecule has 1 aromatic carbocycles. The molecule has 2 atom stereocenters. The zero-order valence-corrected chi connectivity index (χ0v) is 22.3. The summed E-state index contributed by atoms with van der Waals surface area (Å²) in [5.74, 6) is -1.24. The SMILES string of the molecule is CNCc1cc(OCc2cncc(C(F)(F)F)c2)c(F)cn1.C[C@H]1CC[C@@H](C=O)N1S(=O)(=O)c1ccc(F)cc1. The monoisotopic (exact) mass is 586 g/mol. The molecule has 40 heavy (non-hydrogen) atoms. The summed E-state index contributed by atoms with van der Waals surface area (Å²) in [6, 6.07) is 6.13. The molecule has 3 heterocycles. The Hall–Kier alpha value is -3.49. The molecule has 216 valence electrons. The van der Waals surface area contributed by atoms with Crippen molar-refractivity contribution in [3.63, 3.8) is 0 Å². The second-order valence-corrected chi connectivity index (χ2v) is 10.8. The molecule has 0 unspecified atom stereocenters. The van der Waals surface area contributed by atoms with Crippen LogP contribution in [0.2, 0.25) is 0 Å². The normalized spacial score (nSPS) is 17.7. The molecule has 3 aromatic rings. The van der Waals surface area contributed by atoms with Crippen molar-refractivity contribution in [3.05, 3.63) is 83.4 Å². The number of alkyl halides is 3. The number of carbonyl (C=O) groups excluding carboxylic acids is 1. The number of rotatable bonds is 8. The van der Waals surface area contributed by atoms with Crippen LogP contribution in [0.5, 0.6) is 5.75 Å². The van der Waals surface area contributed by atoms with Gasteiger partial charge in [0.2, 0.25) is 10.0 Å². The summed E-state index contributed by atoms with van der Waals surface area (Å²) in [5.41, 5.74) is -0.123. The highest BCUT2D eigenvalue weighted by Crippen LogP contribution is 2.30. The molecule has 4 rings (SSSR count). The van der Waals surface area contributed by atoms with Gasteiger partial charge in [-0.05, 0) is 57.1 Å². The van der Waals surface area contributed by atoms with Crippen LogP contribution in [0.3, 0.4) is 0 Å². The van der Waals surface area contributed by atoms with Crippen LogP contribution < -0.4 is 10.1 Å². The summed E-state index contributed by atoms with van der Waals surface area (Å²) in [4.78, 5) is 18.3. The lowest BCUT2D eigenvalue weighted by molar-refractivity contribution is -0.137. The molecule has 8 nitrogen and oxygen atoms in total. The van der Waals surface area contributed by atoms with Crippen LogP contribution in [-0.2, 0) is 34.1 Å². The van der Waals surface area contributed by atoms with E-state index in [2.05, 4.69) is 15.3 Å². The molecular weight excluding hydrogens is 559 g/mol. The van der Waals surface area contributed by atoms with Crippen molar-refractivity contribution in [2.24, 2.45) is 0 Å². The molecular formula is C26H27F5N4O4S. The topological polar surface area (TPSA) is 101 Å². The largest absolute Gasteiger partial charge is 0.486 e. The van der Waals surface area contributed by atoms with Crippen LogP contribution >= 0.6 is 0 Å². The van der Waals surface area contributed by atoms with Crippen LogP contribution in [0.4, 0.5) is 22.0 Å². The average molecular weight is 587 g/mol. The van der Waals surface area contributed by atoms with Crippen molar-refractivity contribution in [1.29, 1.82) is 0 Å². The number of hydrogen-bond donors (Lipinski definition) is 1. The minimum Gasteiger partial charge on any atom is -0.486 e. The van der Waals surface area contributed by atoms with E-state index in [-0.39, 0.29) is 28.9 Å². The number of benzene rings is 1. The Balaban J connectivity index is 0.000000225. The highest BCUT2D eigenvalue weighted by Gasteiger charge is 2.40. The number of hydrogen-bond acceptors (Lipinski definition) is 7. The molecule has 1 fully saturated rings. The summed E-state index contributed by atoms with van der Waals surface area (Å²) < 4.78 is 95.3. The second-order valence-electron chi connectivity index (χ2n) is 8.92. The summed E-state index contributed by atoms with van der Waals surface area (Å²) in [5, 5.41) is 2.85. The molecule has 1 aliphatic rings. The molecule has 0 spiro atoms. The smallest absolute Gasteiger partial charge is 0.417 e. The van der Waals surface area contributed by atoms with Gasteiger partial charge in [0.15, 0.2) is 11.6 Å². The maximum Gasteiger partial charge on any atom is 0.417 e. The van der Waals surface area contributed by atoms with Gasteiger partial charge in [0, 0.05) is 36.6 Å². The van der Waals surface area contributed by atoms with E-state index in [1.54, 1.807) is 14.0 Å². The summed E-state index contributed by atoms with van der Waals surface area (Å²) in [7, 11) is -2.02. The Labute approximate surface area is 228 Å². The Morgan fingerprint density at radius 2 is 1.80 bits per heavy atom. The van der Waals surface area contributed by atoms with Gasteiger partial charge < -0.3 is 14.8 Å². The van der Waals surface area contributed by atoms with Gasteiger partial charge in [0.05, 0.1) is 28.4 Å². The van der Waals surface area contributed by atoms with Gasteiger partial charge in [0.25, 0.3) is 0 Å². The number of carbonyl (C=O) groups is 1. The molecule has 14 heteroatoms. The van der Waals surface area contributed by atoms with E-state index < -0.39 is 39.4 Å². The Bertz CT molecular complexity index is 1400. The van der Waals surface area contributed by atoms with Gasteiger partial charge >= 0.3 is 6.18 Å². The van der Waals surface area contributed by atoms with Crippen molar-refractivity contribution in [3.8, 4) is 5.75 Å². The Kier molecular flexibility index (Phi) is 10.3. The van der Waals surface area contributed by atoms with E-state index in [0.29, 0.717) is 31.4 Å². The van der Waals surface area contributed by atoms with Gasteiger partial charge in [-0.15, -0.1) is 0 Å². The maximum atomic E-state index is 13.6. The molecule has 1 saturated heterocycles. The lowest BCUT2D eigenvalue weighted by Gasteiger charge is -2.24. The number of ether oxygens (including phenoxy) is 1. The fourth-order valence-electron chi connectivity index (χ4n) is 4.00. The summed E-state index contributed by atoms with van der Waals surface area (Å²) in [6.07, 6.45) is 0.334. The van der Waals surface area contributed by atoms with E-state index in [4.69, 9.17) is 4.74 Å². The Morgan fingerprint density at radius 1 is 1.10 bits per heavy atom. The fourth-order valence-corrected chi connectivity index (χ4v) is 5.81. The molecule has 0 saturated carbocycles. The minimum absolute atomic E-state index is 0.0181. The van der Waals surface area contributed by atoms with Gasteiger partial charge in [0.1, 0.15) is 18.7 Å². The van der Waals surface area contributed by atoms with Crippen LogP contribution in [0.15, 0.2) is 59.9 Å². The number of aldehydes is 1. The van der Waals surface area contributed by atoms with Gasteiger partial charge in [-0.3, -0.25) is 9.97 Å². The predicted octanol–water partition coefficient (Wildman–Crippen LogP) is 4.50. The predicted molar refractivity (Wildman–Crippen MR) is 135 cm³/mol. The number of halogens is 5. The van der Waals surface area contributed by atoms with Crippen LogP contribution in [0.1, 0.15) is 36.6 Å². The molecule has 0 radical (unpaired) electrons. The van der Waals surface area contributed by atoms with Crippen molar-refractivity contribution < 1.29 is 39.9 Å². The number of sulfonamides is 1. The molecule has 2 aromatic heterocycles. The van der Waals surface area contributed by atoms with Gasteiger partial charge in [-0.1, -0.05) is 0 Å². The molecule has 1 aliphatic heterocycles. The lowest BCUT2D eigenvalue weighted by atomic mass is 10.2. The number of nitrogens with one attached hydrogen (secondary N) is 1. The van der Waals surface area contributed by atoms with E-state index >= 15 is 0 Å². The van der Waals surface area contributed by atoms with Crippen LogP contribution in [0, 0.1) is 11.6 Å². The first-order chi connectivity index (χ1) is 18.9. The molecule has 0 amide bonds. The number of aromatic nitrogens is 2. The lowest BCUT2D eigenvalue weighted by Crippen LogP contribution is -2.40. The third-order valence-corrected chi connectivity index (χ3v) is 7.99. The highest BCUT2D eigenvalue weighted by atomic mass is 32.2. The highest BCUT2D eigenvalue weighted by molar-refractivity contribution is 7.89. The number of pyridine rings is 2. The third-order valence-electron chi connectivity index (χ3n) is 5.94. The molecule has 0 bridgehead atoms. The first kappa shape index (κ1) is 31.0. The average Bonchev–Trinajstić information content (AvgIpc) is 3.31. The second kappa shape index (κ2) is 13.2. The molecule has 1 N–H and O–H groups in total. The van der Waals surface area contributed by atoms with Crippen molar-refractivity contribution >= 4 is 16.3 Å². The fraction of sp³-hybridized carbons (Fsp3) is 0.346. The zero-order valence-electron chi connectivity index (χ0n) is 21.5. The minimum atomic E-state index is -4.48. The molecule has 0 aliphatic carbocycles. The first-order valence-corrected chi connectivity index (χ1v) is 13.5. The van der Waals surface area contributed by atoms with E-state index in [0.717, 1.165) is 30.6 Å². The van der Waals surface area contributed by atoms with E-state index in [1.165, 1.54) is 28.7 Å². The van der Waals surface area contributed by atoms with Crippen molar-refractivity contribution in [2.45, 2.75) is 56.1 Å². The van der Waals surface area contributed by atoms with Crippen LogP contribution in [-0.4, -0.2) is 48.1 Å². The van der Waals surface area contributed by atoms with Crippen LogP contribution in [0.25, 0.3) is 0 Å².